The predicted octanol–water partition coefficient (Wildman–Crippen LogP) is -0.935. The van der Waals surface area contributed by atoms with Crippen LogP contribution in [0.3, 0.4) is 0 Å². The van der Waals surface area contributed by atoms with Gasteiger partial charge in [0, 0.05) is 5.57 Å². The Labute approximate surface area is 86.0 Å². The van der Waals surface area contributed by atoms with Crippen LogP contribution >= 0.6 is 0 Å². The molecule has 84 valence electrons. The number of hydrazine groups is 1. The molecule has 7 nitrogen and oxygen atoms in total. The zero-order chi connectivity index (χ0) is 12.0. The van der Waals surface area contributed by atoms with E-state index in [2.05, 4.69) is 12.0 Å². The van der Waals surface area contributed by atoms with Crippen molar-refractivity contribution in [3.05, 3.63) is 12.2 Å². The third-order valence-corrected chi connectivity index (χ3v) is 1.30. The Morgan fingerprint density at radius 2 is 1.60 bits per heavy atom. The van der Waals surface area contributed by atoms with Crippen molar-refractivity contribution in [1.82, 2.24) is 10.4 Å². The normalized spacial score (nSPS) is 9.73. The second-order valence-electron chi connectivity index (χ2n) is 2.86. The highest BCUT2D eigenvalue weighted by Gasteiger charge is 2.15. The average Bonchev–Trinajstić information content (AvgIpc) is 2.00. The Balaban J connectivity index is 4.36. The summed E-state index contributed by atoms with van der Waals surface area (Å²) < 4.78 is 0. The topological polar surface area (TPSA) is 107 Å². The molecular formula is C8H12N2O5. The largest absolute Gasteiger partial charge is 0.480 e. The number of carbonyl (C=O) groups excluding carboxylic acids is 1. The summed E-state index contributed by atoms with van der Waals surface area (Å²) in [5, 5.41) is 17.7. The molecule has 0 rings (SSSR count). The van der Waals surface area contributed by atoms with Gasteiger partial charge in [0.25, 0.3) is 5.91 Å². The summed E-state index contributed by atoms with van der Waals surface area (Å²) in [7, 11) is 0. The number of aliphatic carboxylic acids is 2. The Morgan fingerprint density at radius 3 is 1.87 bits per heavy atom. The van der Waals surface area contributed by atoms with Crippen molar-refractivity contribution in [2.24, 2.45) is 0 Å². The summed E-state index contributed by atoms with van der Waals surface area (Å²) >= 11 is 0. The summed E-state index contributed by atoms with van der Waals surface area (Å²) in [6.45, 7) is 3.57. The van der Waals surface area contributed by atoms with Crippen LogP contribution < -0.4 is 5.43 Å². The zero-order valence-electron chi connectivity index (χ0n) is 8.19. The number of carboxylic acid groups (broad SMARTS) is 2. The van der Waals surface area contributed by atoms with E-state index in [4.69, 9.17) is 10.2 Å². The van der Waals surface area contributed by atoms with Gasteiger partial charge >= 0.3 is 11.9 Å². The first-order valence-electron chi connectivity index (χ1n) is 3.98. The van der Waals surface area contributed by atoms with Crippen LogP contribution in [-0.2, 0) is 14.4 Å². The quantitative estimate of drug-likeness (QED) is 0.391. The molecule has 3 N–H and O–H groups in total. The van der Waals surface area contributed by atoms with Crippen molar-refractivity contribution < 1.29 is 24.6 Å². The van der Waals surface area contributed by atoms with Gasteiger partial charge in [-0.2, -0.15) is 5.01 Å². The molecule has 7 heteroatoms. The highest BCUT2D eigenvalue weighted by Crippen LogP contribution is 1.89. The molecule has 0 aliphatic carbocycles. The second-order valence-corrected chi connectivity index (χ2v) is 2.86. The maximum atomic E-state index is 11.1. The van der Waals surface area contributed by atoms with E-state index in [1.54, 1.807) is 0 Å². The van der Waals surface area contributed by atoms with Crippen molar-refractivity contribution in [1.29, 1.82) is 0 Å². The fourth-order valence-corrected chi connectivity index (χ4v) is 0.701. The molecule has 0 saturated heterocycles. The van der Waals surface area contributed by atoms with Gasteiger partial charge in [-0.15, -0.1) is 0 Å². The van der Waals surface area contributed by atoms with E-state index in [0.29, 0.717) is 0 Å². The van der Waals surface area contributed by atoms with Gasteiger partial charge in [-0.05, 0) is 6.92 Å². The van der Waals surface area contributed by atoms with Gasteiger partial charge in [0.1, 0.15) is 13.1 Å². The van der Waals surface area contributed by atoms with Gasteiger partial charge in [0.05, 0.1) is 0 Å². The molecule has 0 fully saturated rings. The fraction of sp³-hybridized carbons (Fsp3) is 0.375. The minimum atomic E-state index is -1.24. The number of hydrogen-bond acceptors (Lipinski definition) is 4. The van der Waals surface area contributed by atoms with Gasteiger partial charge in [-0.25, -0.2) is 0 Å². The molecule has 0 aromatic carbocycles. The van der Waals surface area contributed by atoms with E-state index in [-0.39, 0.29) is 5.57 Å². The van der Waals surface area contributed by atoms with E-state index in [1.807, 2.05) is 0 Å². The van der Waals surface area contributed by atoms with Crippen molar-refractivity contribution >= 4 is 17.8 Å². The summed E-state index contributed by atoms with van der Waals surface area (Å²) in [4.78, 5) is 31.7. The van der Waals surface area contributed by atoms with Gasteiger partial charge in [-0.3, -0.25) is 19.8 Å². The van der Waals surface area contributed by atoms with Crippen LogP contribution in [0, 0.1) is 0 Å². The molecule has 0 atom stereocenters. The molecule has 0 unspecified atom stereocenters. The molecule has 0 aromatic heterocycles. The molecule has 0 aromatic rings. The number of nitrogens with one attached hydrogen (secondary N) is 1. The first kappa shape index (κ1) is 13.1. The van der Waals surface area contributed by atoms with Crippen LogP contribution in [-0.4, -0.2) is 46.2 Å². The lowest BCUT2D eigenvalue weighted by atomic mass is 10.3. The maximum Gasteiger partial charge on any atom is 0.319 e. The number of nitrogens with zero attached hydrogens (tertiary/aromatic N) is 1. The monoisotopic (exact) mass is 216 g/mol. The van der Waals surface area contributed by atoms with Crippen LogP contribution in [0.5, 0.6) is 0 Å². The van der Waals surface area contributed by atoms with Crippen LogP contribution in [0.2, 0.25) is 0 Å². The minimum Gasteiger partial charge on any atom is -0.480 e. The van der Waals surface area contributed by atoms with Crippen LogP contribution in [0.25, 0.3) is 0 Å². The summed E-state index contributed by atoms with van der Waals surface area (Å²) in [5.74, 6) is -3.09. The molecule has 0 heterocycles. The van der Waals surface area contributed by atoms with Crippen molar-refractivity contribution in [2.45, 2.75) is 6.92 Å². The maximum absolute atomic E-state index is 11.1. The third kappa shape index (κ3) is 6.22. The van der Waals surface area contributed by atoms with Gasteiger partial charge in [-0.1, -0.05) is 6.58 Å². The lowest BCUT2D eigenvalue weighted by Gasteiger charge is -2.18. The Kier molecular flexibility index (Phi) is 5.03. The van der Waals surface area contributed by atoms with Gasteiger partial charge < -0.3 is 10.2 Å². The summed E-state index contributed by atoms with van der Waals surface area (Å²) in [6.07, 6.45) is 0. The molecule has 1 amide bonds. The number of carboxylic acids is 2. The van der Waals surface area contributed by atoms with E-state index in [1.165, 1.54) is 6.92 Å². The Morgan fingerprint density at radius 1 is 1.20 bits per heavy atom. The van der Waals surface area contributed by atoms with E-state index < -0.39 is 30.9 Å². The average molecular weight is 216 g/mol. The molecule has 0 aliphatic heterocycles. The van der Waals surface area contributed by atoms with Crippen LogP contribution in [0.1, 0.15) is 6.92 Å². The molecule has 0 spiro atoms. The number of carbonyl (C=O) groups is 3. The SMILES string of the molecule is C=C(C)C(=O)NN(CC(=O)O)CC(=O)O. The molecule has 0 bridgehead atoms. The molecule has 0 aliphatic rings. The Hall–Kier alpha value is -1.89. The number of amides is 1. The number of hydrogen-bond donors (Lipinski definition) is 3. The van der Waals surface area contributed by atoms with Gasteiger partial charge in [0.15, 0.2) is 0 Å². The molecular weight excluding hydrogens is 204 g/mol. The summed E-state index contributed by atoms with van der Waals surface area (Å²) in [5.41, 5.74) is 2.28. The van der Waals surface area contributed by atoms with E-state index in [9.17, 15) is 14.4 Å². The Bertz CT molecular complexity index is 283. The van der Waals surface area contributed by atoms with E-state index in [0.717, 1.165) is 5.01 Å². The highest BCUT2D eigenvalue weighted by molar-refractivity contribution is 5.92. The minimum absolute atomic E-state index is 0.163. The second kappa shape index (κ2) is 5.76. The first-order chi connectivity index (χ1) is 6.82. The van der Waals surface area contributed by atoms with Crippen molar-refractivity contribution in [2.75, 3.05) is 13.1 Å². The zero-order valence-corrected chi connectivity index (χ0v) is 8.19. The molecule has 0 saturated carbocycles. The van der Waals surface area contributed by atoms with Crippen LogP contribution in [0.15, 0.2) is 12.2 Å². The van der Waals surface area contributed by atoms with Crippen molar-refractivity contribution in [3.63, 3.8) is 0 Å². The summed E-state index contributed by atoms with van der Waals surface area (Å²) in [6, 6.07) is 0. The van der Waals surface area contributed by atoms with Crippen LogP contribution in [0.4, 0.5) is 0 Å². The number of rotatable bonds is 6. The lowest BCUT2D eigenvalue weighted by Crippen LogP contribution is -2.47. The third-order valence-electron chi connectivity index (χ3n) is 1.30. The highest BCUT2D eigenvalue weighted by atomic mass is 16.4. The smallest absolute Gasteiger partial charge is 0.319 e. The predicted molar refractivity (Wildman–Crippen MR) is 49.8 cm³/mol. The fourth-order valence-electron chi connectivity index (χ4n) is 0.701. The standard InChI is InChI=1S/C8H12N2O5/c1-5(2)8(15)9-10(3-6(11)12)4-7(13)14/h1,3-4H2,2H3,(H,9,15)(H,11,12)(H,13,14). The van der Waals surface area contributed by atoms with Gasteiger partial charge in [0.2, 0.25) is 0 Å². The van der Waals surface area contributed by atoms with Crippen molar-refractivity contribution in [3.8, 4) is 0 Å². The first-order valence-corrected chi connectivity index (χ1v) is 3.98. The lowest BCUT2D eigenvalue weighted by molar-refractivity contribution is -0.144. The molecule has 0 radical (unpaired) electrons. The van der Waals surface area contributed by atoms with E-state index >= 15 is 0 Å². The molecule has 15 heavy (non-hydrogen) atoms.